The fourth-order valence-electron chi connectivity index (χ4n) is 3.03. The summed E-state index contributed by atoms with van der Waals surface area (Å²) >= 11 is 0. The third kappa shape index (κ3) is 3.08. The zero-order valence-corrected chi connectivity index (χ0v) is 14.5. The van der Waals surface area contributed by atoms with Gasteiger partial charge in [0.2, 0.25) is 0 Å². The number of rotatable bonds is 5. The normalized spacial score (nSPS) is 15.5. The summed E-state index contributed by atoms with van der Waals surface area (Å²) in [6.07, 6.45) is 0. The van der Waals surface area contributed by atoms with E-state index in [1.165, 1.54) is 16.7 Å². The van der Waals surface area contributed by atoms with E-state index in [-0.39, 0.29) is 16.7 Å². The van der Waals surface area contributed by atoms with Crippen LogP contribution in [0.2, 0.25) is 0 Å². The predicted molar refractivity (Wildman–Crippen MR) is 95.2 cm³/mol. The van der Waals surface area contributed by atoms with Gasteiger partial charge in [-0.1, -0.05) is 6.92 Å². The molecule has 1 aliphatic rings. The second-order valence-corrected chi connectivity index (χ2v) is 7.01. The van der Waals surface area contributed by atoms with E-state index in [9.17, 15) is 14.0 Å². The number of aromatic amines is 1. The van der Waals surface area contributed by atoms with Gasteiger partial charge in [-0.25, -0.2) is 14.0 Å². The van der Waals surface area contributed by atoms with Crippen molar-refractivity contribution in [3.05, 3.63) is 58.3 Å². The first-order valence-electron chi connectivity index (χ1n) is 8.35. The number of benzene rings is 2. The molecule has 27 heavy (non-hydrogen) atoms. The monoisotopic (exact) mass is 372 g/mol. The number of ether oxygens (including phenoxy) is 2. The van der Waals surface area contributed by atoms with Gasteiger partial charge in [-0.05, 0) is 30.3 Å². The molecule has 0 atom stereocenters. The minimum absolute atomic E-state index is 0.0106. The Morgan fingerprint density at radius 1 is 1.33 bits per heavy atom. The number of halogens is 1. The van der Waals surface area contributed by atoms with Gasteiger partial charge in [0.15, 0.2) is 0 Å². The summed E-state index contributed by atoms with van der Waals surface area (Å²) in [5, 5.41) is 8.95. The standard InChI is InChI=1S/C19H17FN2O5/c1-19(8-26-9-19)10-27-12-3-5-16-14(7-12)21-18(25)22(16)15-4-2-11(17(23)24)6-13(15)20/h2-7H,8-10H2,1H3,(H,21,25)(H,23,24). The molecule has 2 N–H and O–H groups in total. The third-order valence-corrected chi connectivity index (χ3v) is 4.58. The van der Waals surface area contributed by atoms with Crippen LogP contribution in [0.25, 0.3) is 16.7 Å². The van der Waals surface area contributed by atoms with Crippen LogP contribution in [0.3, 0.4) is 0 Å². The average Bonchev–Trinajstić information content (AvgIpc) is 2.93. The Balaban J connectivity index is 1.69. The Hall–Kier alpha value is -3.13. The number of fused-ring (bicyclic) bond motifs is 1. The SMILES string of the molecule is CC1(COc2ccc3c(c2)[nH]c(=O)n3-c2ccc(C(=O)O)cc2F)COC1. The lowest BCUT2D eigenvalue weighted by Gasteiger charge is -2.37. The summed E-state index contributed by atoms with van der Waals surface area (Å²) in [7, 11) is 0. The summed E-state index contributed by atoms with van der Waals surface area (Å²) in [6.45, 7) is 3.85. The van der Waals surface area contributed by atoms with Gasteiger partial charge < -0.3 is 19.6 Å². The summed E-state index contributed by atoms with van der Waals surface area (Å²) in [5.74, 6) is -1.44. The van der Waals surface area contributed by atoms with Gasteiger partial charge in [0, 0.05) is 11.5 Å². The van der Waals surface area contributed by atoms with E-state index in [1.54, 1.807) is 18.2 Å². The number of carbonyl (C=O) groups is 1. The van der Waals surface area contributed by atoms with Crippen LogP contribution < -0.4 is 10.4 Å². The van der Waals surface area contributed by atoms with Crippen molar-refractivity contribution in [3.8, 4) is 11.4 Å². The molecule has 1 aliphatic heterocycles. The number of nitrogens with zero attached hydrogens (tertiary/aromatic N) is 1. The van der Waals surface area contributed by atoms with E-state index < -0.39 is 17.5 Å². The molecule has 7 nitrogen and oxygen atoms in total. The number of aromatic nitrogens is 2. The molecule has 1 saturated heterocycles. The van der Waals surface area contributed by atoms with Gasteiger partial charge in [0.1, 0.15) is 11.6 Å². The summed E-state index contributed by atoms with van der Waals surface area (Å²) in [6, 6.07) is 8.47. The van der Waals surface area contributed by atoms with Gasteiger partial charge in [-0.2, -0.15) is 0 Å². The predicted octanol–water partition coefficient (Wildman–Crippen LogP) is 2.57. The molecule has 4 rings (SSSR count). The first-order valence-corrected chi connectivity index (χ1v) is 8.35. The minimum atomic E-state index is -1.24. The molecule has 140 valence electrons. The van der Waals surface area contributed by atoms with Crippen LogP contribution in [0.1, 0.15) is 17.3 Å². The second-order valence-electron chi connectivity index (χ2n) is 7.01. The zero-order chi connectivity index (χ0) is 19.2. The topological polar surface area (TPSA) is 93.6 Å². The van der Waals surface area contributed by atoms with Crippen LogP contribution >= 0.6 is 0 Å². The molecule has 0 bridgehead atoms. The van der Waals surface area contributed by atoms with Crippen molar-refractivity contribution in [2.45, 2.75) is 6.92 Å². The Kier molecular flexibility index (Phi) is 4.00. The first-order chi connectivity index (χ1) is 12.9. The van der Waals surface area contributed by atoms with Crippen molar-refractivity contribution in [1.29, 1.82) is 0 Å². The van der Waals surface area contributed by atoms with Crippen LogP contribution in [0, 0.1) is 11.2 Å². The number of carboxylic acid groups (broad SMARTS) is 1. The molecule has 1 aromatic heterocycles. The molecule has 0 saturated carbocycles. The van der Waals surface area contributed by atoms with E-state index in [0.717, 1.165) is 6.07 Å². The highest BCUT2D eigenvalue weighted by Crippen LogP contribution is 2.29. The van der Waals surface area contributed by atoms with Crippen LogP contribution in [-0.4, -0.2) is 40.4 Å². The molecule has 0 unspecified atom stereocenters. The maximum atomic E-state index is 14.4. The average molecular weight is 372 g/mol. The molecule has 2 aromatic carbocycles. The number of aromatic carboxylic acids is 1. The molecule has 0 aliphatic carbocycles. The fourth-order valence-corrected chi connectivity index (χ4v) is 3.03. The number of carboxylic acids is 1. The van der Waals surface area contributed by atoms with E-state index in [2.05, 4.69) is 11.9 Å². The summed E-state index contributed by atoms with van der Waals surface area (Å²) in [5.41, 5.74) is 0.214. The maximum absolute atomic E-state index is 14.4. The number of hydrogen-bond donors (Lipinski definition) is 2. The van der Waals surface area contributed by atoms with E-state index in [4.69, 9.17) is 14.6 Å². The molecule has 2 heterocycles. The van der Waals surface area contributed by atoms with E-state index >= 15 is 0 Å². The van der Waals surface area contributed by atoms with Crippen molar-refractivity contribution in [2.75, 3.05) is 19.8 Å². The maximum Gasteiger partial charge on any atom is 0.335 e. The first kappa shape index (κ1) is 17.3. The van der Waals surface area contributed by atoms with Crippen molar-refractivity contribution >= 4 is 17.0 Å². The Morgan fingerprint density at radius 2 is 2.11 bits per heavy atom. The summed E-state index contributed by atoms with van der Waals surface area (Å²) in [4.78, 5) is 26.0. The Morgan fingerprint density at radius 3 is 2.74 bits per heavy atom. The van der Waals surface area contributed by atoms with Crippen molar-refractivity contribution in [2.24, 2.45) is 5.41 Å². The number of hydrogen-bond acceptors (Lipinski definition) is 4. The fraction of sp³-hybridized carbons (Fsp3) is 0.263. The van der Waals surface area contributed by atoms with Crippen LogP contribution in [0.5, 0.6) is 5.75 Å². The third-order valence-electron chi connectivity index (χ3n) is 4.58. The molecule has 3 aromatic rings. The Labute approximate surface area is 153 Å². The van der Waals surface area contributed by atoms with Crippen LogP contribution in [0.15, 0.2) is 41.2 Å². The largest absolute Gasteiger partial charge is 0.493 e. The van der Waals surface area contributed by atoms with Gasteiger partial charge in [0.25, 0.3) is 0 Å². The van der Waals surface area contributed by atoms with Crippen molar-refractivity contribution in [3.63, 3.8) is 0 Å². The molecule has 0 spiro atoms. The smallest absolute Gasteiger partial charge is 0.335 e. The molecular formula is C19H17FN2O5. The highest BCUT2D eigenvalue weighted by Gasteiger charge is 2.34. The summed E-state index contributed by atoms with van der Waals surface area (Å²) < 4.78 is 26.5. The van der Waals surface area contributed by atoms with Gasteiger partial charge >= 0.3 is 11.7 Å². The second kappa shape index (κ2) is 6.24. The quantitative estimate of drug-likeness (QED) is 0.718. The number of nitrogens with one attached hydrogen (secondary N) is 1. The minimum Gasteiger partial charge on any atom is -0.493 e. The molecule has 1 fully saturated rings. The molecular weight excluding hydrogens is 355 g/mol. The molecule has 8 heteroatoms. The molecule has 0 radical (unpaired) electrons. The lowest BCUT2D eigenvalue weighted by atomic mass is 9.90. The zero-order valence-electron chi connectivity index (χ0n) is 14.5. The van der Waals surface area contributed by atoms with Gasteiger partial charge in [-0.3, -0.25) is 4.57 Å². The number of imidazole rings is 1. The highest BCUT2D eigenvalue weighted by molar-refractivity contribution is 5.88. The highest BCUT2D eigenvalue weighted by atomic mass is 19.1. The lowest BCUT2D eigenvalue weighted by Crippen LogP contribution is -2.44. The Bertz CT molecular complexity index is 1100. The van der Waals surface area contributed by atoms with Crippen molar-refractivity contribution in [1.82, 2.24) is 9.55 Å². The molecule has 0 amide bonds. The van der Waals surface area contributed by atoms with Crippen LogP contribution in [-0.2, 0) is 4.74 Å². The van der Waals surface area contributed by atoms with E-state index in [1.807, 2.05) is 0 Å². The lowest BCUT2D eigenvalue weighted by molar-refractivity contribution is -0.120. The van der Waals surface area contributed by atoms with E-state index in [0.29, 0.717) is 36.6 Å². The van der Waals surface area contributed by atoms with Gasteiger partial charge in [0.05, 0.1) is 42.1 Å². The number of H-pyrrole nitrogens is 1. The van der Waals surface area contributed by atoms with Gasteiger partial charge in [-0.15, -0.1) is 0 Å². The van der Waals surface area contributed by atoms with Crippen molar-refractivity contribution < 1.29 is 23.8 Å². The van der Waals surface area contributed by atoms with Crippen LogP contribution in [0.4, 0.5) is 4.39 Å².